The Morgan fingerprint density at radius 1 is 1.28 bits per heavy atom. The van der Waals surface area contributed by atoms with Gasteiger partial charge in [0.15, 0.2) is 5.69 Å². The molecule has 6 heteroatoms. The van der Waals surface area contributed by atoms with Crippen LogP contribution in [0, 0.1) is 0 Å². The first-order valence-corrected chi connectivity index (χ1v) is 9.01. The van der Waals surface area contributed by atoms with E-state index in [1.807, 2.05) is 30.3 Å². The molecule has 1 amide bonds. The Kier molecular flexibility index (Phi) is 5.71. The number of anilines is 1. The molecule has 2 aromatic rings. The summed E-state index contributed by atoms with van der Waals surface area (Å²) >= 11 is 0. The van der Waals surface area contributed by atoms with E-state index in [1.54, 1.807) is 0 Å². The second-order valence-electron chi connectivity index (χ2n) is 6.34. The Hall–Kier alpha value is -2.34. The van der Waals surface area contributed by atoms with Gasteiger partial charge in [0.1, 0.15) is 12.4 Å². The minimum absolute atomic E-state index is 0.196. The molecule has 0 saturated heterocycles. The molecule has 134 valence electrons. The number of benzene rings is 1. The average Bonchev–Trinajstić information content (AvgIpc) is 3.37. The van der Waals surface area contributed by atoms with Crippen molar-refractivity contribution >= 4 is 11.6 Å². The second kappa shape index (κ2) is 8.16. The summed E-state index contributed by atoms with van der Waals surface area (Å²) in [7, 11) is 0. The number of hydrogen-bond donors (Lipinski definition) is 2. The van der Waals surface area contributed by atoms with E-state index in [4.69, 9.17) is 4.74 Å². The van der Waals surface area contributed by atoms with E-state index in [1.165, 1.54) is 12.8 Å². The molecular formula is C19H26N4O2. The van der Waals surface area contributed by atoms with Crippen LogP contribution >= 0.6 is 0 Å². The fourth-order valence-electron chi connectivity index (χ4n) is 2.72. The lowest BCUT2D eigenvalue weighted by Crippen LogP contribution is -2.27. The Bertz CT molecular complexity index is 688. The summed E-state index contributed by atoms with van der Waals surface area (Å²) in [5, 5.41) is 9.91. The van der Waals surface area contributed by atoms with Gasteiger partial charge in [-0.3, -0.25) is 9.89 Å². The lowest BCUT2D eigenvalue weighted by molar-refractivity contribution is 0.102. The van der Waals surface area contributed by atoms with E-state index >= 15 is 0 Å². The van der Waals surface area contributed by atoms with Crippen molar-refractivity contribution in [2.75, 3.05) is 31.6 Å². The molecule has 1 saturated carbocycles. The Labute approximate surface area is 148 Å². The van der Waals surface area contributed by atoms with Crippen molar-refractivity contribution < 1.29 is 9.53 Å². The summed E-state index contributed by atoms with van der Waals surface area (Å²) in [6.07, 6.45) is 2.36. The monoisotopic (exact) mass is 342 g/mol. The molecule has 3 rings (SSSR count). The third-order valence-electron chi connectivity index (χ3n) is 4.53. The highest BCUT2D eigenvalue weighted by atomic mass is 16.5. The molecule has 0 unspecified atom stereocenters. The minimum Gasteiger partial charge on any atom is -0.492 e. The van der Waals surface area contributed by atoms with Crippen LogP contribution in [-0.4, -0.2) is 47.2 Å². The molecule has 0 spiro atoms. The van der Waals surface area contributed by atoms with Crippen LogP contribution in [0.2, 0.25) is 0 Å². The molecule has 1 aliphatic carbocycles. The summed E-state index contributed by atoms with van der Waals surface area (Å²) in [6.45, 7) is 7.92. The first kappa shape index (κ1) is 17.5. The number of carbonyl (C=O) groups is 1. The van der Waals surface area contributed by atoms with Gasteiger partial charge >= 0.3 is 0 Å². The summed E-state index contributed by atoms with van der Waals surface area (Å²) in [6, 6.07) is 9.28. The number of rotatable bonds is 9. The molecule has 0 atom stereocenters. The minimum atomic E-state index is -0.196. The standard InChI is InChI=1S/C19H26N4O2/c1-3-23(4-2)11-12-25-16-9-7-15(8-10-16)20-19(24)18-13-17(21-22-18)14-5-6-14/h7-10,13-14H,3-6,11-12H2,1-2H3,(H,20,24)(H,21,22). The van der Waals surface area contributed by atoms with Crippen LogP contribution in [0.3, 0.4) is 0 Å². The van der Waals surface area contributed by atoms with Gasteiger partial charge in [-0.2, -0.15) is 5.10 Å². The van der Waals surface area contributed by atoms with Crippen molar-refractivity contribution in [1.29, 1.82) is 0 Å². The molecule has 0 bridgehead atoms. The van der Waals surface area contributed by atoms with Gasteiger partial charge < -0.3 is 15.0 Å². The number of aromatic amines is 1. The largest absolute Gasteiger partial charge is 0.492 e. The number of H-pyrrole nitrogens is 1. The molecule has 25 heavy (non-hydrogen) atoms. The van der Waals surface area contributed by atoms with Crippen LogP contribution in [0.1, 0.15) is 48.8 Å². The number of nitrogens with one attached hydrogen (secondary N) is 2. The van der Waals surface area contributed by atoms with Gasteiger partial charge in [-0.1, -0.05) is 13.8 Å². The molecule has 1 fully saturated rings. The highest BCUT2D eigenvalue weighted by molar-refractivity contribution is 6.02. The zero-order chi connectivity index (χ0) is 17.6. The van der Waals surface area contributed by atoms with Crippen molar-refractivity contribution in [2.45, 2.75) is 32.6 Å². The van der Waals surface area contributed by atoms with Gasteiger partial charge in [0, 0.05) is 23.8 Å². The van der Waals surface area contributed by atoms with E-state index in [0.29, 0.717) is 18.2 Å². The molecule has 0 radical (unpaired) electrons. The highest BCUT2D eigenvalue weighted by Gasteiger charge is 2.26. The maximum Gasteiger partial charge on any atom is 0.276 e. The van der Waals surface area contributed by atoms with Crippen LogP contribution < -0.4 is 10.1 Å². The van der Waals surface area contributed by atoms with Crippen LogP contribution in [0.15, 0.2) is 30.3 Å². The van der Waals surface area contributed by atoms with Gasteiger partial charge in [-0.05, 0) is 56.3 Å². The predicted molar refractivity (Wildman–Crippen MR) is 98.2 cm³/mol. The molecule has 1 aromatic heterocycles. The lowest BCUT2D eigenvalue weighted by atomic mass is 10.2. The number of nitrogens with zero attached hydrogens (tertiary/aromatic N) is 2. The van der Waals surface area contributed by atoms with Gasteiger partial charge in [-0.15, -0.1) is 0 Å². The van der Waals surface area contributed by atoms with E-state index < -0.39 is 0 Å². The van der Waals surface area contributed by atoms with Crippen molar-refractivity contribution in [3.8, 4) is 5.75 Å². The van der Waals surface area contributed by atoms with Gasteiger partial charge in [0.05, 0.1) is 0 Å². The van der Waals surface area contributed by atoms with Gasteiger partial charge in [0.2, 0.25) is 0 Å². The average molecular weight is 342 g/mol. The van der Waals surface area contributed by atoms with Crippen LogP contribution in [0.25, 0.3) is 0 Å². The number of aromatic nitrogens is 2. The quantitative estimate of drug-likeness (QED) is 0.734. The van der Waals surface area contributed by atoms with E-state index in [0.717, 1.165) is 36.8 Å². The molecule has 1 heterocycles. The Morgan fingerprint density at radius 3 is 2.64 bits per heavy atom. The molecule has 1 aliphatic rings. The van der Waals surface area contributed by atoms with Gasteiger partial charge in [-0.25, -0.2) is 0 Å². The first-order chi connectivity index (χ1) is 12.2. The number of amides is 1. The predicted octanol–water partition coefficient (Wildman–Crippen LogP) is 3.26. The lowest BCUT2D eigenvalue weighted by Gasteiger charge is -2.18. The number of ether oxygens (including phenoxy) is 1. The van der Waals surface area contributed by atoms with Crippen molar-refractivity contribution in [3.63, 3.8) is 0 Å². The number of hydrogen-bond acceptors (Lipinski definition) is 4. The van der Waals surface area contributed by atoms with E-state index in [-0.39, 0.29) is 5.91 Å². The number of likely N-dealkylation sites (N-methyl/N-ethyl adjacent to an activating group) is 1. The molecule has 2 N–H and O–H groups in total. The maximum absolute atomic E-state index is 12.2. The normalized spacial score (nSPS) is 13.9. The zero-order valence-electron chi connectivity index (χ0n) is 14.9. The Morgan fingerprint density at radius 2 is 2.00 bits per heavy atom. The highest BCUT2D eigenvalue weighted by Crippen LogP contribution is 2.39. The molecule has 0 aliphatic heterocycles. The van der Waals surface area contributed by atoms with Crippen molar-refractivity contribution in [2.24, 2.45) is 0 Å². The SMILES string of the molecule is CCN(CC)CCOc1ccc(NC(=O)c2cc(C3CC3)[nH]n2)cc1. The summed E-state index contributed by atoms with van der Waals surface area (Å²) in [5.41, 5.74) is 2.22. The van der Waals surface area contributed by atoms with Crippen LogP contribution in [-0.2, 0) is 0 Å². The summed E-state index contributed by atoms with van der Waals surface area (Å²) in [4.78, 5) is 14.6. The van der Waals surface area contributed by atoms with E-state index in [9.17, 15) is 4.79 Å². The van der Waals surface area contributed by atoms with Crippen molar-refractivity contribution in [3.05, 3.63) is 41.7 Å². The maximum atomic E-state index is 12.2. The number of carbonyl (C=O) groups excluding carboxylic acids is 1. The fraction of sp³-hybridized carbons (Fsp3) is 0.474. The molecule has 1 aromatic carbocycles. The van der Waals surface area contributed by atoms with Crippen LogP contribution in [0.4, 0.5) is 5.69 Å². The molecular weight excluding hydrogens is 316 g/mol. The third kappa shape index (κ3) is 4.82. The van der Waals surface area contributed by atoms with Gasteiger partial charge in [0.25, 0.3) is 5.91 Å². The zero-order valence-corrected chi connectivity index (χ0v) is 14.9. The van der Waals surface area contributed by atoms with E-state index in [2.05, 4.69) is 34.3 Å². The third-order valence-corrected chi connectivity index (χ3v) is 4.53. The van der Waals surface area contributed by atoms with Crippen LogP contribution in [0.5, 0.6) is 5.75 Å². The topological polar surface area (TPSA) is 70.2 Å². The fourth-order valence-corrected chi connectivity index (χ4v) is 2.72. The summed E-state index contributed by atoms with van der Waals surface area (Å²) in [5.74, 6) is 1.17. The smallest absolute Gasteiger partial charge is 0.276 e. The second-order valence-corrected chi connectivity index (χ2v) is 6.34. The Balaban J connectivity index is 1.48. The van der Waals surface area contributed by atoms with Crippen molar-refractivity contribution in [1.82, 2.24) is 15.1 Å². The first-order valence-electron chi connectivity index (χ1n) is 9.01. The molecule has 6 nitrogen and oxygen atoms in total. The summed E-state index contributed by atoms with van der Waals surface area (Å²) < 4.78 is 5.75.